The zero-order valence-corrected chi connectivity index (χ0v) is 33.1. The van der Waals surface area contributed by atoms with Gasteiger partial charge < -0.3 is 10.2 Å². The van der Waals surface area contributed by atoms with Crippen molar-refractivity contribution in [2.75, 3.05) is 0 Å². The van der Waals surface area contributed by atoms with Gasteiger partial charge in [-0.05, 0) is 136 Å². The van der Waals surface area contributed by atoms with Gasteiger partial charge in [-0.1, -0.05) is 132 Å². The van der Waals surface area contributed by atoms with Crippen molar-refractivity contribution in [1.82, 2.24) is 0 Å². The lowest BCUT2D eigenvalue weighted by molar-refractivity contribution is 0.422. The summed E-state index contributed by atoms with van der Waals surface area (Å²) in [5.41, 5.74) is 9.75. The van der Waals surface area contributed by atoms with Gasteiger partial charge in [0.15, 0.2) is 0 Å². The normalized spacial score (nSPS) is 13.2. The molecule has 0 aliphatic carbocycles. The fourth-order valence-corrected chi connectivity index (χ4v) is 8.08. The van der Waals surface area contributed by atoms with Crippen LogP contribution in [-0.4, -0.2) is 10.2 Å². The van der Waals surface area contributed by atoms with E-state index in [4.69, 9.17) is 0 Å². The first-order valence-electron chi connectivity index (χ1n) is 18.7. The maximum Gasteiger partial charge on any atom is 0.123 e. The minimum Gasteiger partial charge on any atom is -0.507 e. The highest BCUT2D eigenvalue weighted by Crippen LogP contribution is 2.49. The highest BCUT2D eigenvalue weighted by molar-refractivity contribution is 6.29. The topological polar surface area (TPSA) is 40.5 Å². The van der Waals surface area contributed by atoms with Crippen molar-refractivity contribution >= 4 is 32.3 Å². The summed E-state index contributed by atoms with van der Waals surface area (Å²) >= 11 is 0. The molecule has 0 saturated carbocycles. The third-order valence-electron chi connectivity index (χ3n) is 10.9. The Morgan fingerprint density at radius 3 is 1.06 bits per heavy atom. The summed E-state index contributed by atoms with van der Waals surface area (Å²) in [6.45, 7) is 26.1. The van der Waals surface area contributed by atoms with E-state index in [0.29, 0.717) is 11.5 Å². The molecule has 0 aliphatic heterocycles. The third-order valence-corrected chi connectivity index (χ3v) is 10.9. The number of phenolic OH excluding ortho intramolecular Hbond substituents is 2. The van der Waals surface area contributed by atoms with Crippen molar-refractivity contribution in [1.29, 1.82) is 0 Å². The average molecular weight is 687 g/mol. The third kappa shape index (κ3) is 6.01. The molecule has 266 valence electrons. The van der Waals surface area contributed by atoms with Gasteiger partial charge in [-0.3, -0.25) is 0 Å². The molecule has 0 heterocycles. The van der Waals surface area contributed by atoms with Gasteiger partial charge in [0.25, 0.3) is 0 Å². The number of benzene rings is 7. The number of phenols is 2. The minimum atomic E-state index is -0.249. The van der Waals surface area contributed by atoms with Crippen LogP contribution in [0, 0.1) is 0 Å². The van der Waals surface area contributed by atoms with Gasteiger partial charge in [-0.2, -0.15) is 0 Å². The molecule has 0 radical (unpaired) electrons. The first-order valence-corrected chi connectivity index (χ1v) is 18.7. The number of aromatic hydroxyl groups is 2. The molecule has 0 bridgehead atoms. The largest absolute Gasteiger partial charge is 0.507 e. The van der Waals surface area contributed by atoms with Crippen molar-refractivity contribution < 1.29 is 10.2 Å². The standard InChI is InChI=1S/C50H54O2/c1-47(2,3)39-25-31(26-40(45(39)51)48(4,5)6)37-23-33-21-30(29-17-14-13-15-18-29)22-34-24-38(36-20-16-19-35(37)44(36)43(33)34)32-27-41(49(7,8)9)46(52)42(28-32)50(10,11)12/h13-28,51-52H,1-12H3. The van der Waals surface area contributed by atoms with Crippen LogP contribution in [0.4, 0.5) is 0 Å². The summed E-state index contributed by atoms with van der Waals surface area (Å²) in [4.78, 5) is 0. The zero-order chi connectivity index (χ0) is 37.7. The molecular formula is C50H54O2. The monoisotopic (exact) mass is 686 g/mol. The molecule has 0 aromatic heterocycles. The highest BCUT2D eigenvalue weighted by Gasteiger charge is 2.30. The second-order valence-electron chi connectivity index (χ2n) is 19.1. The molecular weight excluding hydrogens is 633 g/mol. The summed E-state index contributed by atoms with van der Waals surface area (Å²) in [6, 6.07) is 35.7. The SMILES string of the molecule is CC(C)(C)c1cc(-c2cc3cc(-c4ccccc4)cc4cc(-c5cc(C(C)(C)C)c(O)c(C(C)(C)C)c5)c5cccc2c5c34)cc(C(C)(C)C)c1O. The fraction of sp³-hybridized carbons (Fsp3) is 0.320. The van der Waals surface area contributed by atoms with Crippen LogP contribution >= 0.6 is 0 Å². The van der Waals surface area contributed by atoms with Crippen LogP contribution < -0.4 is 0 Å². The van der Waals surface area contributed by atoms with E-state index in [1.165, 1.54) is 43.4 Å². The molecule has 0 aliphatic rings. The molecule has 2 heteroatoms. The van der Waals surface area contributed by atoms with Gasteiger partial charge in [-0.15, -0.1) is 0 Å². The van der Waals surface area contributed by atoms with Gasteiger partial charge in [0.1, 0.15) is 11.5 Å². The van der Waals surface area contributed by atoms with Crippen LogP contribution in [-0.2, 0) is 21.7 Å². The molecule has 7 aromatic carbocycles. The van der Waals surface area contributed by atoms with E-state index in [0.717, 1.165) is 44.5 Å². The molecule has 0 amide bonds. The Morgan fingerprint density at radius 2 is 0.712 bits per heavy atom. The zero-order valence-electron chi connectivity index (χ0n) is 33.1. The van der Waals surface area contributed by atoms with E-state index >= 15 is 0 Å². The molecule has 2 N–H and O–H groups in total. The second kappa shape index (κ2) is 11.9. The first kappa shape index (κ1) is 35.6. The van der Waals surface area contributed by atoms with Gasteiger partial charge in [0.05, 0.1) is 0 Å². The summed E-state index contributed by atoms with van der Waals surface area (Å²) < 4.78 is 0. The molecule has 0 spiro atoms. The van der Waals surface area contributed by atoms with Crippen LogP contribution in [0.15, 0.2) is 97.1 Å². The Kier molecular flexibility index (Phi) is 8.11. The molecule has 0 atom stereocenters. The average Bonchev–Trinajstić information content (AvgIpc) is 3.05. The number of rotatable bonds is 3. The molecule has 2 nitrogen and oxygen atoms in total. The summed E-state index contributed by atoms with van der Waals surface area (Å²) in [5, 5.41) is 30.6. The van der Waals surface area contributed by atoms with Gasteiger partial charge in [0, 0.05) is 22.3 Å². The van der Waals surface area contributed by atoms with E-state index in [-0.39, 0.29) is 21.7 Å². The van der Waals surface area contributed by atoms with E-state index in [2.05, 4.69) is 180 Å². The maximum absolute atomic E-state index is 11.7. The highest BCUT2D eigenvalue weighted by atomic mass is 16.3. The second-order valence-corrected chi connectivity index (χ2v) is 19.1. The Hall–Kier alpha value is -4.82. The summed E-state index contributed by atoms with van der Waals surface area (Å²) in [6.07, 6.45) is 0. The van der Waals surface area contributed by atoms with Crippen LogP contribution in [0.2, 0.25) is 0 Å². The van der Waals surface area contributed by atoms with Crippen LogP contribution in [0.5, 0.6) is 11.5 Å². The Balaban J connectivity index is 1.66. The molecule has 52 heavy (non-hydrogen) atoms. The van der Waals surface area contributed by atoms with Crippen molar-refractivity contribution in [3.8, 4) is 44.9 Å². The molecule has 0 unspecified atom stereocenters. The number of hydrogen-bond donors (Lipinski definition) is 2. The minimum absolute atomic E-state index is 0.249. The number of hydrogen-bond acceptors (Lipinski definition) is 2. The molecule has 7 aromatic rings. The Bertz CT molecular complexity index is 2270. The first-order chi connectivity index (χ1) is 24.1. The molecule has 0 saturated heterocycles. The lowest BCUT2D eigenvalue weighted by atomic mass is 9.76. The van der Waals surface area contributed by atoms with Crippen LogP contribution in [0.25, 0.3) is 65.7 Å². The van der Waals surface area contributed by atoms with Crippen LogP contribution in [0.1, 0.15) is 105 Å². The van der Waals surface area contributed by atoms with Crippen molar-refractivity contribution in [2.24, 2.45) is 0 Å². The lowest BCUT2D eigenvalue weighted by Crippen LogP contribution is -2.17. The van der Waals surface area contributed by atoms with Gasteiger partial charge >= 0.3 is 0 Å². The maximum atomic E-state index is 11.7. The quantitative estimate of drug-likeness (QED) is 0.182. The molecule has 7 rings (SSSR count). The van der Waals surface area contributed by atoms with E-state index in [1.54, 1.807) is 0 Å². The van der Waals surface area contributed by atoms with E-state index in [9.17, 15) is 10.2 Å². The van der Waals surface area contributed by atoms with Crippen molar-refractivity contribution in [2.45, 2.75) is 105 Å². The Labute approximate surface area is 310 Å². The summed E-state index contributed by atoms with van der Waals surface area (Å²) in [5.74, 6) is 0.789. The fourth-order valence-electron chi connectivity index (χ4n) is 8.08. The summed E-state index contributed by atoms with van der Waals surface area (Å²) in [7, 11) is 0. The van der Waals surface area contributed by atoms with Gasteiger partial charge in [0.2, 0.25) is 0 Å². The predicted molar refractivity (Wildman–Crippen MR) is 225 cm³/mol. The molecule has 0 fully saturated rings. The van der Waals surface area contributed by atoms with Crippen molar-refractivity contribution in [3.05, 3.63) is 119 Å². The van der Waals surface area contributed by atoms with Gasteiger partial charge in [-0.25, -0.2) is 0 Å². The smallest absolute Gasteiger partial charge is 0.123 e. The van der Waals surface area contributed by atoms with E-state index < -0.39 is 0 Å². The lowest BCUT2D eigenvalue weighted by Gasteiger charge is -2.29. The van der Waals surface area contributed by atoms with Crippen molar-refractivity contribution in [3.63, 3.8) is 0 Å². The predicted octanol–water partition coefficient (Wildman–Crippen LogP) is 14.2. The van der Waals surface area contributed by atoms with E-state index in [1.807, 2.05) is 0 Å². The van der Waals surface area contributed by atoms with Crippen LogP contribution in [0.3, 0.4) is 0 Å². The Morgan fingerprint density at radius 1 is 0.346 bits per heavy atom.